The number of ether oxygens (including phenoxy) is 3. The van der Waals surface area contributed by atoms with E-state index in [0.717, 1.165) is 25.7 Å². The highest BCUT2D eigenvalue weighted by Crippen LogP contribution is 2.53. The molecule has 2 bridgehead atoms. The van der Waals surface area contributed by atoms with Gasteiger partial charge in [0.2, 0.25) is 0 Å². The first-order chi connectivity index (χ1) is 8.60. The Morgan fingerprint density at radius 3 is 2.56 bits per heavy atom. The van der Waals surface area contributed by atoms with Crippen molar-refractivity contribution in [2.75, 3.05) is 0 Å². The molecule has 18 heavy (non-hydrogen) atoms. The molecule has 2 aliphatic heterocycles. The summed E-state index contributed by atoms with van der Waals surface area (Å²) in [7, 11) is 0. The first-order valence-electron chi connectivity index (χ1n) is 7.17. The van der Waals surface area contributed by atoms with Crippen LogP contribution >= 0.6 is 0 Å². The maximum atomic E-state index is 11.8. The molecular formula is C14H20O4. The first kappa shape index (κ1) is 11.2. The molecule has 0 aromatic rings. The highest BCUT2D eigenvalue weighted by Gasteiger charge is 2.62. The van der Waals surface area contributed by atoms with Crippen LogP contribution in [-0.2, 0) is 19.0 Å². The molecule has 2 saturated carbocycles. The van der Waals surface area contributed by atoms with Crippen LogP contribution in [0.25, 0.3) is 0 Å². The molecule has 0 radical (unpaired) electrons. The van der Waals surface area contributed by atoms with Gasteiger partial charge in [-0.1, -0.05) is 6.42 Å². The molecule has 100 valence electrons. The summed E-state index contributed by atoms with van der Waals surface area (Å²) in [6.45, 7) is 2.00. The van der Waals surface area contributed by atoms with Crippen molar-refractivity contribution in [2.45, 2.75) is 76.0 Å². The molecule has 1 unspecified atom stereocenters. The fourth-order valence-electron chi connectivity index (χ4n) is 4.14. The Morgan fingerprint density at radius 1 is 1.06 bits per heavy atom. The summed E-state index contributed by atoms with van der Waals surface area (Å²) in [5.41, 5.74) is -0.338. The molecule has 2 aliphatic carbocycles. The average molecular weight is 252 g/mol. The number of carbonyl (C=O) groups is 1. The Bertz CT molecular complexity index is 387. The van der Waals surface area contributed by atoms with Gasteiger partial charge in [-0.25, -0.2) is 0 Å². The Morgan fingerprint density at radius 2 is 1.78 bits per heavy atom. The van der Waals surface area contributed by atoms with Gasteiger partial charge in [0.15, 0.2) is 5.79 Å². The zero-order chi connectivity index (χ0) is 12.4. The molecule has 0 N–H and O–H groups in total. The molecule has 2 saturated heterocycles. The van der Waals surface area contributed by atoms with Crippen molar-refractivity contribution >= 4 is 5.97 Å². The molecule has 4 rings (SSSR count). The normalized spacial score (nSPS) is 49.2. The lowest BCUT2D eigenvalue weighted by Gasteiger charge is -2.32. The predicted molar refractivity (Wildman–Crippen MR) is 62.8 cm³/mol. The number of carbonyl (C=O) groups excluding carboxylic acids is 1. The van der Waals surface area contributed by atoms with Gasteiger partial charge in [0, 0.05) is 19.3 Å². The highest BCUT2D eigenvalue weighted by atomic mass is 16.8. The second-order valence-electron chi connectivity index (χ2n) is 6.62. The third kappa shape index (κ3) is 1.42. The topological polar surface area (TPSA) is 44.8 Å². The minimum atomic E-state index is -0.360. The van der Waals surface area contributed by atoms with Crippen molar-refractivity contribution in [3.05, 3.63) is 0 Å². The molecule has 2 heterocycles. The van der Waals surface area contributed by atoms with Crippen LogP contribution < -0.4 is 0 Å². The van der Waals surface area contributed by atoms with E-state index in [4.69, 9.17) is 14.2 Å². The third-order valence-electron chi connectivity index (χ3n) is 5.12. The summed E-state index contributed by atoms with van der Waals surface area (Å²) in [4.78, 5) is 11.8. The number of hydrogen-bond donors (Lipinski definition) is 0. The zero-order valence-corrected chi connectivity index (χ0v) is 10.8. The largest absolute Gasteiger partial charge is 0.459 e. The quantitative estimate of drug-likeness (QED) is 0.620. The lowest BCUT2D eigenvalue weighted by atomic mass is 9.74. The van der Waals surface area contributed by atoms with Gasteiger partial charge in [-0.15, -0.1) is 0 Å². The van der Waals surface area contributed by atoms with Crippen LogP contribution in [0.5, 0.6) is 0 Å². The lowest BCUT2D eigenvalue weighted by molar-refractivity contribution is -0.202. The number of fused-ring (bicyclic) bond motifs is 4. The van der Waals surface area contributed by atoms with Gasteiger partial charge in [-0.3, -0.25) is 4.79 Å². The summed E-state index contributed by atoms with van der Waals surface area (Å²) in [5, 5.41) is 0. The standard InChI is InChI=1S/C14H20O4/c1-13-7-9(16-12(13)15)11-10(8-13)17-14(18-11)5-3-2-4-6-14/h9-11H,2-8H2,1H3/t9-,10-,11?,13+/m1/s1. The van der Waals surface area contributed by atoms with Crippen molar-refractivity contribution in [1.29, 1.82) is 0 Å². The van der Waals surface area contributed by atoms with Crippen molar-refractivity contribution in [2.24, 2.45) is 5.41 Å². The zero-order valence-electron chi connectivity index (χ0n) is 10.8. The van der Waals surface area contributed by atoms with Crippen LogP contribution in [0.3, 0.4) is 0 Å². The van der Waals surface area contributed by atoms with Crippen LogP contribution in [-0.4, -0.2) is 30.1 Å². The summed E-state index contributed by atoms with van der Waals surface area (Å²) in [6.07, 6.45) is 7.14. The van der Waals surface area contributed by atoms with Crippen molar-refractivity contribution in [3.8, 4) is 0 Å². The SMILES string of the molecule is C[C@@]12C[C@@H](OC1=O)C1OC3(CCCCC3)O[C@@H]1C2. The predicted octanol–water partition coefficient (Wildman–Crippen LogP) is 2.16. The lowest BCUT2D eigenvalue weighted by Crippen LogP contribution is -2.42. The molecule has 1 spiro atoms. The Hall–Kier alpha value is -0.610. The molecule has 4 aliphatic rings. The maximum absolute atomic E-state index is 11.8. The average Bonchev–Trinajstić information content (AvgIpc) is 2.79. The monoisotopic (exact) mass is 252 g/mol. The smallest absolute Gasteiger partial charge is 0.312 e. The minimum Gasteiger partial charge on any atom is -0.459 e. The van der Waals surface area contributed by atoms with Crippen LogP contribution in [0.1, 0.15) is 51.9 Å². The fraction of sp³-hybridized carbons (Fsp3) is 0.929. The number of rotatable bonds is 0. The number of esters is 1. The van der Waals surface area contributed by atoms with E-state index < -0.39 is 0 Å². The second kappa shape index (κ2) is 3.48. The first-order valence-corrected chi connectivity index (χ1v) is 7.17. The van der Waals surface area contributed by atoms with Crippen molar-refractivity contribution in [3.63, 3.8) is 0 Å². The van der Waals surface area contributed by atoms with Gasteiger partial charge in [-0.2, -0.15) is 0 Å². The summed E-state index contributed by atoms with van der Waals surface area (Å²) in [6, 6.07) is 0. The molecule has 4 heteroatoms. The van der Waals surface area contributed by atoms with E-state index in [-0.39, 0.29) is 35.5 Å². The Labute approximate surface area is 107 Å². The molecule has 0 aromatic heterocycles. The Kier molecular flexibility index (Phi) is 2.17. The van der Waals surface area contributed by atoms with E-state index in [1.807, 2.05) is 6.92 Å². The van der Waals surface area contributed by atoms with E-state index in [9.17, 15) is 4.79 Å². The molecule has 0 aromatic carbocycles. The van der Waals surface area contributed by atoms with Gasteiger partial charge < -0.3 is 14.2 Å². The molecular weight excluding hydrogens is 232 g/mol. The summed E-state index contributed by atoms with van der Waals surface area (Å²) >= 11 is 0. The number of hydrogen-bond acceptors (Lipinski definition) is 4. The highest BCUT2D eigenvalue weighted by molar-refractivity contribution is 5.79. The maximum Gasteiger partial charge on any atom is 0.312 e. The molecule has 0 amide bonds. The van der Waals surface area contributed by atoms with Crippen LogP contribution in [0.15, 0.2) is 0 Å². The molecule has 4 nitrogen and oxygen atoms in total. The van der Waals surface area contributed by atoms with E-state index in [1.165, 1.54) is 19.3 Å². The van der Waals surface area contributed by atoms with E-state index in [0.29, 0.717) is 0 Å². The van der Waals surface area contributed by atoms with Crippen molar-refractivity contribution in [1.82, 2.24) is 0 Å². The van der Waals surface area contributed by atoms with Crippen molar-refractivity contribution < 1.29 is 19.0 Å². The minimum absolute atomic E-state index is 0.0253. The summed E-state index contributed by atoms with van der Waals surface area (Å²) in [5.74, 6) is -0.423. The van der Waals surface area contributed by atoms with E-state index in [2.05, 4.69) is 0 Å². The van der Waals surface area contributed by atoms with Gasteiger partial charge in [0.1, 0.15) is 12.2 Å². The van der Waals surface area contributed by atoms with Gasteiger partial charge in [0.05, 0.1) is 11.5 Å². The Balaban J connectivity index is 1.59. The van der Waals surface area contributed by atoms with E-state index >= 15 is 0 Å². The second-order valence-corrected chi connectivity index (χ2v) is 6.62. The summed E-state index contributed by atoms with van der Waals surface area (Å²) < 4.78 is 17.9. The third-order valence-corrected chi connectivity index (χ3v) is 5.12. The van der Waals surface area contributed by atoms with Crippen LogP contribution in [0, 0.1) is 5.41 Å². The molecule has 4 atom stereocenters. The van der Waals surface area contributed by atoms with Crippen LogP contribution in [0.2, 0.25) is 0 Å². The van der Waals surface area contributed by atoms with Gasteiger partial charge >= 0.3 is 5.97 Å². The fourth-order valence-corrected chi connectivity index (χ4v) is 4.14. The van der Waals surface area contributed by atoms with Crippen LogP contribution in [0.4, 0.5) is 0 Å². The van der Waals surface area contributed by atoms with E-state index in [1.54, 1.807) is 0 Å². The van der Waals surface area contributed by atoms with Gasteiger partial charge in [-0.05, 0) is 26.2 Å². The van der Waals surface area contributed by atoms with Gasteiger partial charge in [0.25, 0.3) is 0 Å². The molecule has 4 fully saturated rings.